The van der Waals surface area contributed by atoms with Crippen LogP contribution in [-0.2, 0) is 10.2 Å². The molecule has 0 bridgehead atoms. The van der Waals surface area contributed by atoms with Crippen LogP contribution < -0.4 is 20.7 Å². The van der Waals surface area contributed by atoms with Crippen molar-refractivity contribution in [3.05, 3.63) is 65.2 Å². The Hall–Kier alpha value is -3.47. The van der Waals surface area contributed by atoms with E-state index in [1.807, 2.05) is 24.3 Å². The van der Waals surface area contributed by atoms with Crippen molar-refractivity contribution in [3.63, 3.8) is 0 Å². The quantitative estimate of drug-likeness (QED) is 0.386. The molecule has 37 heavy (non-hydrogen) atoms. The van der Waals surface area contributed by atoms with Crippen molar-refractivity contribution in [1.29, 1.82) is 0 Å². The molecular weight excluding hydrogens is 490 g/mol. The average molecular weight is 524 g/mol. The lowest BCUT2D eigenvalue weighted by Crippen LogP contribution is -2.41. The summed E-state index contributed by atoms with van der Waals surface area (Å²) in [5.74, 6) is 0.813. The Balaban J connectivity index is 1.33. The van der Waals surface area contributed by atoms with Crippen molar-refractivity contribution in [2.24, 2.45) is 0 Å². The molecule has 1 saturated heterocycles. The van der Waals surface area contributed by atoms with Gasteiger partial charge in [-0.3, -0.25) is 15.0 Å². The predicted molar refractivity (Wildman–Crippen MR) is 146 cm³/mol. The molecule has 3 amide bonds. The molecule has 1 aliphatic rings. The maximum Gasteiger partial charge on any atom is 0.324 e. The summed E-state index contributed by atoms with van der Waals surface area (Å²) in [5, 5.41) is 9.07. The lowest BCUT2D eigenvalue weighted by molar-refractivity contribution is 0.0383. The zero-order valence-corrected chi connectivity index (χ0v) is 22.2. The van der Waals surface area contributed by atoms with Crippen molar-refractivity contribution in [3.8, 4) is 11.6 Å². The van der Waals surface area contributed by atoms with Crippen molar-refractivity contribution < 1.29 is 19.1 Å². The number of nitrogens with zero attached hydrogens (tertiary/aromatic N) is 2. The smallest absolute Gasteiger partial charge is 0.324 e. The molecule has 1 aliphatic heterocycles. The van der Waals surface area contributed by atoms with Crippen LogP contribution in [0.4, 0.5) is 15.5 Å². The van der Waals surface area contributed by atoms with Crippen LogP contribution in [0.3, 0.4) is 0 Å². The number of aromatic nitrogens is 1. The number of hydrogen-bond acceptors (Lipinski definition) is 7. The van der Waals surface area contributed by atoms with E-state index in [0.717, 1.165) is 38.4 Å². The van der Waals surface area contributed by atoms with E-state index in [2.05, 4.69) is 46.6 Å². The van der Waals surface area contributed by atoms with Gasteiger partial charge in [-0.05, 0) is 35.7 Å². The Morgan fingerprint density at radius 1 is 1.05 bits per heavy atom. The van der Waals surface area contributed by atoms with Crippen molar-refractivity contribution >= 4 is 34.0 Å². The third-order valence-corrected chi connectivity index (χ3v) is 6.80. The Morgan fingerprint density at radius 3 is 2.62 bits per heavy atom. The van der Waals surface area contributed by atoms with Gasteiger partial charge < -0.3 is 20.1 Å². The molecule has 1 aromatic carbocycles. The van der Waals surface area contributed by atoms with Gasteiger partial charge in [0.1, 0.15) is 11.4 Å². The number of amides is 3. The van der Waals surface area contributed by atoms with Crippen LogP contribution in [0.5, 0.6) is 11.6 Å². The predicted octanol–water partition coefficient (Wildman–Crippen LogP) is 4.94. The van der Waals surface area contributed by atoms with E-state index < -0.39 is 6.03 Å². The van der Waals surface area contributed by atoms with E-state index in [1.54, 1.807) is 30.5 Å². The minimum atomic E-state index is -0.455. The second kappa shape index (κ2) is 12.2. The first kappa shape index (κ1) is 26.6. The molecule has 4 rings (SSSR count). The number of benzene rings is 1. The number of para-hydroxylation sites is 1. The second-order valence-corrected chi connectivity index (χ2v) is 10.7. The number of morpholine rings is 1. The molecule has 0 radical (unpaired) electrons. The van der Waals surface area contributed by atoms with Crippen LogP contribution in [0, 0.1) is 0 Å². The highest BCUT2D eigenvalue weighted by atomic mass is 32.1. The molecule has 0 aliphatic carbocycles. The van der Waals surface area contributed by atoms with Crippen molar-refractivity contribution in [2.75, 3.05) is 50.0 Å². The number of rotatable bonds is 8. The largest absolute Gasteiger partial charge is 0.437 e. The number of nitrogens with one attached hydrogen (secondary N) is 3. The maximum atomic E-state index is 12.7. The zero-order valence-electron chi connectivity index (χ0n) is 21.4. The van der Waals surface area contributed by atoms with Gasteiger partial charge >= 0.3 is 6.03 Å². The normalized spacial score (nSPS) is 14.1. The fraction of sp³-hybridized carbons (Fsp3) is 0.370. The van der Waals surface area contributed by atoms with Crippen LogP contribution in [0.15, 0.2) is 54.7 Å². The van der Waals surface area contributed by atoms with Crippen LogP contribution >= 0.6 is 11.3 Å². The lowest BCUT2D eigenvalue weighted by atomic mass is 9.86. The standard InChI is InChI=1S/C27H33N5O4S/c1-27(2,3)19-7-4-5-9-21(19)36-25-20(8-6-12-29-25)30-26(34)31-23-11-10-22(37-23)24(33)28-13-14-32-15-17-35-18-16-32/h4-12H,13-18H2,1-3H3,(H,28,33)(H2,30,31,34). The van der Waals surface area contributed by atoms with Gasteiger partial charge in [0, 0.05) is 37.9 Å². The third kappa shape index (κ3) is 7.51. The summed E-state index contributed by atoms with van der Waals surface area (Å²) in [5.41, 5.74) is 1.34. The van der Waals surface area contributed by atoms with E-state index in [-0.39, 0.29) is 11.3 Å². The number of carbonyl (C=O) groups excluding carboxylic acids is 2. The molecule has 3 N–H and O–H groups in total. The minimum Gasteiger partial charge on any atom is -0.437 e. The highest BCUT2D eigenvalue weighted by Crippen LogP contribution is 2.35. The monoisotopic (exact) mass is 523 g/mol. The summed E-state index contributed by atoms with van der Waals surface area (Å²) < 4.78 is 11.5. The maximum absolute atomic E-state index is 12.7. The van der Waals surface area contributed by atoms with Gasteiger partial charge in [0.25, 0.3) is 5.91 Å². The van der Waals surface area contributed by atoms with Gasteiger partial charge in [0.15, 0.2) is 0 Å². The lowest BCUT2D eigenvalue weighted by Gasteiger charge is -2.26. The average Bonchev–Trinajstić information content (AvgIpc) is 3.34. The van der Waals surface area contributed by atoms with Crippen molar-refractivity contribution in [2.45, 2.75) is 26.2 Å². The summed E-state index contributed by atoms with van der Waals surface area (Å²) in [6.07, 6.45) is 1.61. The molecular formula is C27H33N5O4S. The molecule has 9 nitrogen and oxygen atoms in total. The molecule has 0 unspecified atom stereocenters. The van der Waals surface area contributed by atoms with Gasteiger partial charge in [0.05, 0.1) is 23.1 Å². The fourth-order valence-electron chi connectivity index (χ4n) is 3.88. The Labute approximate surface area is 221 Å². The van der Waals surface area contributed by atoms with E-state index in [9.17, 15) is 9.59 Å². The van der Waals surface area contributed by atoms with Crippen LogP contribution in [-0.4, -0.2) is 61.2 Å². The van der Waals surface area contributed by atoms with Crippen LogP contribution in [0.2, 0.25) is 0 Å². The first-order chi connectivity index (χ1) is 17.8. The second-order valence-electron chi connectivity index (χ2n) is 9.66. The van der Waals surface area contributed by atoms with E-state index in [0.29, 0.717) is 33.7 Å². The number of ether oxygens (including phenoxy) is 2. The first-order valence-corrected chi connectivity index (χ1v) is 13.1. The molecule has 0 saturated carbocycles. The topological polar surface area (TPSA) is 105 Å². The molecule has 10 heteroatoms. The number of carbonyl (C=O) groups is 2. The minimum absolute atomic E-state index is 0.123. The Morgan fingerprint density at radius 2 is 1.84 bits per heavy atom. The number of anilines is 2. The Kier molecular flexibility index (Phi) is 8.75. The highest BCUT2D eigenvalue weighted by Gasteiger charge is 2.20. The molecule has 3 heterocycles. The highest BCUT2D eigenvalue weighted by molar-refractivity contribution is 7.18. The zero-order chi connectivity index (χ0) is 26.3. The first-order valence-electron chi connectivity index (χ1n) is 12.3. The Bertz CT molecular complexity index is 1220. The fourth-order valence-corrected chi connectivity index (χ4v) is 4.70. The molecule has 2 aromatic heterocycles. The van der Waals surface area contributed by atoms with Crippen LogP contribution in [0.25, 0.3) is 0 Å². The van der Waals surface area contributed by atoms with Gasteiger partial charge in [-0.15, -0.1) is 11.3 Å². The summed E-state index contributed by atoms with van der Waals surface area (Å²) in [4.78, 5) is 32.3. The summed E-state index contributed by atoms with van der Waals surface area (Å²) in [6.45, 7) is 10.9. The molecule has 1 fully saturated rings. The summed E-state index contributed by atoms with van der Waals surface area (Å²) in [7, 11) is 0. The third-order valence-electron chi connectivity index (χ3n) is 5.80. The van der Waals surface area contributed by atoms with E-state index in [1.165, 1.54) is 11.3 Å². The van der Waals surface area contributed by atoms with E-state index in [4.69, 9.17) is 9.47 Å². The van der Waals surface area contributed by atoms with Crippen molar-refractivity contribution in [1.82, 2.24) is 15.2 Å². The SMILES string of the molecule is CC(C)(C)c1ccccc1Oc1ncccc1NC(=O)Nc1ccc(C(=O)NCCN2CCOCC2)s1. The molecule has 0 spiro atoms. The summed E-state index contributed by atoms with van der Waals surface area (Å²) >= 11 is 1.21. The van der Waals surface area contributed by atoms with Crippen LogP contribution in [0.1, 0.15) is 36.0 Å². The number of urea groups is 1. The number of thiophene rings is 1. The number of hydrogen-bond donors (Lipinski definition) is 3. The summed E-state index contributed by atoms with van der Waals surface area (Å²) in [6, 6.07) is 14.2. The molecule has 196 valence electrons. The van der Waals surface area contributed by atoms with E-state index >= 15 is 0 Å². The number of pyridine rings is 1. The van der Waals surface area contributed by atoms with Gasteiger partial charge in [-0.2, -0.15) is 0 Å². The van der Waals surface area contributed by atoms with Gasteiger partial charge in [0.2, 0.25) is 5.88 Å². The van der Waals surface area contributed by atoms with Gasteiger partial charge in [-0.1, -0.05) is 39.0 Å². The molecule has 0 atom stereocenters. The molecule has 3 aromatic rings. The van der Waals surface area contributed by atoms with Gasteiger partial charge in [-0.25, -0.2) is 9.78 Å².